The molecule has 0 aromatic carbocycles. The molecule has 0 spiro atoms. The number of rotatable bonds is 9. The third kappa shape index (κ3) is 9.28. The monoisotopic (exact) mass is 477 g/mol. The molecule has 3 saturated carbocycles. The van der Waals surface area contributed by atoms with Crippen molar-refractivity contribution >= 4 is 17.9 Å². The molecule has 4 unspecified atom stereocenters. The molecule has 0 aromatic heterocycles. The zero-order valence-corrected chi connectivity index (χ0v) is 20.6. The first-order valence-corrected chi connectivity index (χ1v) is 13.3. The standard InChI is InChI=1S/C26H43N3O5/c1-18-6-2-3-9-23(18)29-26(33)28-20-13-11-19(12-14-20)16-24(30)27-21-7-4-8-22(17-21)34-15-5-10-25(31)32/h5,10,18-23H,2-4,6-9,11-17H2,1H3,(H,27,30)(H,31,32)(H2,28,29,33)/b10-5+. The molecule has 3 fully saturated rings. The molecule has 3 aliphatic carbocycles. The smallest absolute Gasteiger partial charge is 0.328 e. The van der Waals surface area contributed by atoms with E-state index < -0.39 is 5.97 Å². The lowest BCUT2D eigenvalue weighted by molar-refractivity contribution is -0.131. The number of aliphatic carboxylic acids is 1. The van der Waals surface area contributed by atoms with Crippen LogP contribution in [0.5, 0.6) is 0 Å². The van der Waals surface area contributed by atoms with Gasteiger partial charge in [-0.3, -0.25) is 4.79 Å². The van der Waals surface area contributed by atoms with Crippen LogP contribution in [0.2, 0.25) is 0 Å². The van der Waals surface area contributed by atoms with Crippen LogP contribution < -0.4 is 16.0 Å². The minimum atomic E-state index is -0.973. The number of carbonyl (C=O) groups excluding carboxylic acids is 2. The van der Waals surface area contributed by atoms with Gasteiger partial charge in [0.1, 0.15) is 0 Å². The van der Waals surface area contributed by atoms with Crippen LogP contribution in [0.15, 0.2) is 12.2 Å². The highest BCUT2D eigenvalue weighted by molar-refractivity contribution is 5.79. The molecule has 4 atom stereocenters. The van der Waals surface area contributed by atoms with E-state index in [-0.39, 0.29) is 36.7 Å². The number of carboxylic acids is 1. The van der Waals surface area contributed by atoms with Crippen LogP contribution in [0.25, 0.3) is 0 Å². The molecule has 8 heteroatoms. The maximum atomic E-state index is 12.6. The fraction of sp³-hybridized carbons (Fsp3) is 0.808. The fourth-order valence-electron chi connectivity index (χ4n) is 5.75. The number of carbonyl (C=O) groups is 3. The van der Waals surface area contributed by atoms with E-state index in [0.29, 0.717) is 24.3 Å². The maximum Gasteiger partial charge on any atom is 0.328 e. The molecule has 8 nitrogen and oxygen atoms in total. The first kappa shape index (κ1) is 26.5. The average Bonchev–Trinajstić information content (AvgIpc) is 2.80. The first-order chi connectivity index (χ1) is 16.4. The zero-order chi connectivity index (χ0) is 24.3. The van der Waals surface area contributed by atoms with Crippen LogP contribution >= 0.6 is 0 Å². The van der Waals surface area contributed by atoms with E-state index >= 15 is 0 Å². The molecule has 4 N–H and O–H groups in total. The van der Waals surface area contributed by atoms with E-state index in [0.717, 1.165) is 63.9 Å². The SMILES string of the molecule is CC1CCCCC1NC(=O)NC1CCC(CC(=O)NC2CCCC(OC/C=C/C(=O)O)C2)CC1. The summed E-state index contributed by atoms with van der Waals surface area (Å²) in [6, 6.07) is 0.579. The number of urea groups is 1. The Labute approximate surface area is 203 Å². The minimum Gasteiger partial charge on any atom is -0.478 e. The molecular weight excluding hydrogens is 434 g/mol. The molecule has 3 aliphatic rings. The second kappa shape index (κ2) is 13.7. The van der Waals surface area contributed by atoms with Gasteiger partial charge in [0.25, 0.3) is 0 Å². The summed E-state index contributed by atoms with van der Waals surface area (Å²) in [5.74, 6) is 0.0567. The molecular formula is C26H43N3O5. The molecule has 192 valence electrons. The third-order valence-electron chi connectivity index (χ3n) is 7.76. The number of hydrogen-bond donors (Lipinski definition) is 4. The predicted molar refractivity (Wildman–Crippen MR) is 130 cm³/mol. The predicted octanol–water partition coefficient (Wildman–Crippen LogP) is 3.90. The molecule has 0 aromatic rings. The van der Waals surface area contributed by atoms with Gasteiger partial charge in [-0.05, 0) is 76.0 Å². The van der Waals surface area contributed by atoms with Crippen molar-refractivity contribution in [3.05, 3.63) is 12.2 Å². The second-order valence-corrected chi connectivity index (χ2v) is 10.5. The Morgan fingerprint density at radius 2 is 1.65 bits per heavy atom. The Kier molecular flexibility index (Phi) is 10.7. The van der Waals surface area contributed by atoms with Gasteiger partial charge in [0, 0.05) is 30.6 Å². The van der Waals surface area contributed by atoms with Gasteiger partial charge in [0.2, 0.25) is 5.91 Å². The van der Waals surface area contributed by atoms with Crippen LogP contribution in [-0.2, 0) is 14.3 Å². The van der Waals surface area contributed by atoms with Crippen LogP contribution in [0.3, 0.4) is 0 Å². The highest BCUT2D eigenvalue weighted by Gasteiger charge is 2.28. The molecule has 0 radical (unpaired) electrons. The summed E-state index contributed by atoms with van der Waals surface area (Å²) in [5, 5.41) is 18.2. The third-order valence-corrected chi connectivity index (χ3v) is 7.76. The van der Waals surface area contributed by atoms with Crippen molar-refractivity contribution in [3.8, 4) is 0 Å². The van der Waals surface area contributed by atoms with Crippen molar-refractivity contribution < 1.29 is 24.2 Å². The van der Waals surface area contributed by atoms with Crippen LogP contribution in [0.4, 0.5) is 4.79 Å². The number of hydrogen-bond acceptors (Lipinski definition) is 4. The van der Waals surface area contributed by atoms with Gasteiger partial charge in [-0.2, -0.15) is 0 Å². The molecule has 0 aliphatic heterocycles. The molecule has 0 bridgehead atoms. The quantitative estimate of drug-likeness (QED) is 0.376. The number of nitrogens with one attached hydrogen (secondary N) is 3. The number of carboxylic acid groups (broad SMARTS) is 1. The lowest BCUT2D eigenvalue weighted by atomic mass is 9.83. The van der Waals surface area contributed by atoms with Crippen molar-refractivity contribution in [1.29, 1.82) is 0 Å². The van der Waals surface area contributed by atoms with Gasteiger partial charge >= 0.3 is 12.0 Å². The number of amides is 3. The van der Waals surface area contributed by atoms with Crippen molar-refractivity contribution in [2.45, 2.75) is 115 Å². The van der Waals surface area contributed by atoms with E-state index in [4.69, 9.17) is 9.84 Å². The van der Waals surface area contributed by atoms with E-state index in [9.17, 15) is 14.4 Å². The molecule has 34 heavy (non-hydrogen) atoms. The molecule has 3 rings (SSSR count). The van der Waals surface area contributed by atoms with E-state index in [1.807, 2.05) is 0 Å². The molecule has 0 saturated heterocycles. The highest BCUT2D eigenvalue weighted by Crippen LogP contribution is 2.28. The average molecular weight is 478 g/mol. The van der Waals surface area contributed by atoms with Gasteiger partial charge in [0.05, 0.1) is 12.7 Å². The Morgan fingerprint density at radius 3 is 2.38 bits per heavy atom. The topological polar surface area (TPSA) is 117 Å². The fourth-order valence-corrected chi connectivity index (χ4v) is 5.75. The Balaban J connectivity index is 1.30. The number of ether oxygens (including phenoxy) is 1. The Bertz CT molecular complexity index is 705. The van der Waals surface area contributed by atoms with Crippen molar-refractivity contribution in [2.24, 2.45) is 11.8 Å². The van der Waals surface area contributed by atoms with E-state index in [1.54, 1.807) is 0 Å². The van der Waals surface area contributed by atoms with Gasteiger partial charge in [0.15, 0.2) is 0 Å². The van der Waals surface area contributed by atoms with Crippen LogP contribution in [0.1, 0.15) is 90.4 Å². The van der Waals surface area contributed by atoms with Crippen molar-refractivity contribution in [3.63, 3.8) is 0 Å². The zero-order valence-electron chi connectivity index (χ0n) is 20.6. The summed E-state index contributed by atoms with van der Waals surface area (Å²) in [6.07, 6.45) is 15.4. The lowest BCUT2D eigenvalue weighted by Gasteiger charge is -2.33. The maximum absolute atomic E-state index is 12.6. The lowest BCUT2D eigenvalue weighted by Crippen LogP contribution is -2.49. The normalized spacial score (nSPS) is 32.1. The Hall–Kier alpha value is -2.09. The van der Waals surface area contributed by atoms with Crippen molar-refractivity contribution in [2.75, 3.05) is 6.61 Å². The molecule has 3 amide bonds. The van der Waals surface area contributed by atoms with Gasteiger partial charge in [-0.15, -0.1) is 0 Å². The van der Waals surface area contributed by atoms with Gasteiger partial charge in [-0.25, -0.2) is 9.59 Å². The Morgan fingerprint density at radius 1 is 0.882 bits per heavy atom. The summed E-state index contributed by atoms with van der Waals surface area (Å²) < 4.78 is 5.75. The summed E-state index contributed by atoms with van der Waals surface area (Å²) in [7, 11) is 0. The van der Waals surface area contributed by atoms with E-state index in [2.05, 4.69) is 22.9 Å². The largest absolute Gasteiger partial charge is 0.478 e. The molecule has 0 heterocycles. The van der Waals surface area contributed by atoms with Gasteiger partial charge in [-0.1, -0.05) is 25.8 Å². The summed E-state index contributed by atoms with van der Waals surface area (Å²) in [4.78, 5) is 35.6. The highest BCUT2D eigenvalue weighted by atomic mass is 16.5. The van der Waals surface area contributed by atoms with Crippen LogP contribution in [0, 0.1) is 11.8 Å². The van der Waals surface area contributed by atoms with Crippen LogP contribution in [-0.4, -0.2) is 53.9 Å². The summed E-state index contributed by atoms with van der Waals surface area (Å²) >= 11 is 0. The summed E-state index contributed by atoms with van der Waals surface area (Å²) in [6.45, 7) is 2.51. The van der Waals surface area contributed by atoms with E-state index in [1.165, 1.54) is 25.3 Å². The second-order valence-electron chi connectivity index (χ2n) is 10.5. The minimum absolute atomic E-state index is 0.0348. The van der Waals surface area contributed by atoms with Gasteiger partial charge < -0.3 is 25.8 Å². The summed E-state index contributed by atoms with van der Waals surface area (Å²) in [5.41, 5.74) is 0. The van der Waals surface area contributed by atoms with Crippen molar-refractivity contribution in [1.82, 2.24) is 16.0 Å². The first-order valence-electron chi connectivity index (χ1n) is 13.3.